The second kappa shape index (κ2) is 6.94. The van der Waals surface area contributed by atoms with E-state index in [1.165, 1.54) is 17.4 Å². The summed E-state index contributed by atoms with van der Waals surface area (Å²) < 4.78 is 0.790. The number of nitrogens with zero attached hydrogens (tertiary/aromatic N) is 1. The Bertz CT molecular complexity index is 589. The van der Waals surface area contributed by atoms with Gasteiger partial charge in [0.2, 0.25) is 0 Å². The van der Waals surface area contributed by atoms with E-state index in [4.69, 9.17) is 0 Å². The van der Waals surface area contributed by atoms with Crippen LogP contribution in [0.15, 0.2) is 39.5 Å². The van der Waals surface area contributed by atoms with E-state index in [0.717, 1.165) is 10.0 Å². The molecule has 0 fully saturated rings. The monoisotopic (exact) mass is 356 g/mol. The van der Waals surface area contributed by atoms with Gasteiger partial charge in [0.1, 0.15) is 0 Å². The Hall–Kier alpha value is -1.28. The molecular formula is C13H13BrN2O3S. The van der Waals surface area contributed by atoms with Gasteiger partial charge >= 0.3 is 0 Å². The molecule has 0 saturated heterocycles. The molecule has 0 radical (unpaired) electrons. The topological polar surface area (TPSA) is 75.4 Å². The molecule has 20 heavy (non-hydrogen) atoms. The third kappa shape index (κ3) is 3.86. The van der Waals surface area contributed by atoms with E-state index in [2.05, 4.69) is 21.2 Å². The highest BCUT2D eigenvalue weighted by molar-refractivity contribution is 9.10. The van der Waals surface area contributed by atoms with E-state index < -0.39 is 11.0 Å². The first-order valence-corrected chi connectivity index (χ1v) is 7.65. The Balaban J connectivity index is 1.97. The molecule has 5 nitrogen and oxygen atoms in total. The van der Waals surface area contributed by atoms with Crippen LogP contribution in [0.3, 0.4) is 0 Å². The summed E-state index contributed by atoms with van der Waals surface area (Å²) in [6.07, 6.45) is -0.604. The third-order valence-corrected chi connectivity index (χ3v) is 4.01. The van der Waals surface area contributed by atoms with E-state index in [0.29, 0.717) is 18.7 Å². The van der Waals surface area contributed by atoms with Gasteiger partial charge < -0.3 is 10.4 Å². The van der Waals surface area contributed by atoms with Gasteiger partial charge in [-0.2, -0.15) is 11.3 Å². The first-order chi connectivity index (χ1) is 9.58. The second-order valence-electron chi connectivity index (χ2n) is 4.23. The maximum absolute atomic E-state index is 10.9. The van der Waals surface area contributed by atoms with Crippen LogP contribution in [0.5, 0.6) is 0 Å². The van der Waals surface area contributed by atoms with Gasteiger partial charge in [0.05, 0.1) is 11.0 Å². The lowest BCUT2D eigenvalue weighted by molar-refractivity contribution is -0.385. The van der Waals surface area contributed by atoms with E-state index >= 15 is 0 Å². The van der Waals surface area contributed by atoms with Crippen molar-refractivity contribution in [3.05, 3.63) is 60.7 Å². The predicted molar refractivity (Wildman–Crippen MR) is 81.8 cm³/mol. The van der Waals surface area contributed by atoms with Crippen molar-refractivity contribution < 1.29 is 10.0 Å². The Morgan fingerprint density at radius 1 is 1.45 bits per heavy atom. The average molecular weight is 357 g/mol. The summed E-state index contributed by atoms with van der Waals surface area (Å²) >= 11 is 4.82. The van der Waals surface area contributed by atoms with Crippen molar-refractivity contribution in [3.63, 3.8) is 0 Å². The summed E-state index contributed by atoms with van der Waals surface area (Å²) in [4.78, 5) is 10.5. The van der Waals surface area contributed by atoms with Crippen LogP contribution in [0.25, 0.3) is 0 Å². The van der Waals surface area contributed by atoms with Crippen molar-refractivity contribution >= 4 is 33.0 Å². The molecule has 0 spiro atoms. The molecule has 0 aliphatic rings. The maximum Gasteiger partial charge on any atom is 0.273 e. The minimum Gasteiger partial charge on any atom is -0.387 e. The van der Waals surface area contributed by atoms with Gasteiger partial charge in [-0.3, -0.25) is 10.1 Å². The van der Waals surface area contributed by atoms with E-state index in [1.54, 1.807) is 12.1 Å². The van der Waals surface area contributed by atoms with Crippen LogP contribution in [0.1, 0.15) is 17.2 Å². The van der Waals surface area contributed by atoms with Crippen LogP contribution in [0.4, 0.5) is 5.69 Å². The fraction of sp³-hybridized carbons (Fsp3) is 0.231. The van der Waals surface area contributed by atoms with Crippen LogP contribution in [-0.2, 0) is 6.54 Å². The number of thiophene rings is 1. The molecule has 0 aliphatic heterocycles. The number of halogens is 1. The van der Waals surface area contributed by atoms with E-state index in [1.807, 2.05) is 16.8 Å². The fourth-order valence-corrected chi connectivity index (χ4v) is 2.92. The van der Waals surface area contributed by atoms with Crippen molar-refractivity contribution in [2.45, 2.75) is 12.6 Å². The lowest BCUT2D eigenvalue weighted by Crippen LogP contribution is -2.21. The van der Waals surface area contributed by atoms with E-state index in [9.17, 15) is 15.2 Å². The molecule has 1 aromatic heterocycles. The average Bonchev–Trinajstić information content (AvgIpc) is 2.92. The highest BCUT2D eigenvalue weighted by Gasteiger charge is 2.14. The SMILES string of the molecule is O=[N+]([O-])c1ccc(Br)cc1CNCC(O)c1ccsc1. The number of hydrogen-bond donors (Lipinski definition) is 2. The number of rotatable bonds is 6. The third-order valence-electron chi connectivity index (χ3n) is 2.82. The summed E-state index contributed by atoms with van der Waals surface area (Å²) in [5.41, 5.74) is 1.51. The van der Waals surface area contributed by atoms with Gasteiger partial charge in [-0.05, 0) is 34.5 Å². The molecule has 1 aromatic carbocycles. The van der Waals surface area contributed by atoms with Gasteiger partial charge in [0.25, 0.3) is 5.69 Å². The normalized spacial score (nSPS) is 12.3. The molecule has 0 bridgehead atoms. The first-order valence-electron chi connectivity index (χ1n) is 5.91. The molecule has 2 N–H and O–H groups in total. The molecule has 1 unspecified atom stereocenters. The summed E-state index contributed by atoms with van der Waals surface area (Å²) in [6.45, 7) is 0.678. The zero-order valence-electron chi connectivity index (χ0n) is 10.5. The van der Waals surface area contributed by atoms with E-state index in [-0.39, 0.29) is 5.69 Å². The van der Waals surface area contributed by atoms with Crippen molar-refractivity contribution in [1.82, 2.24) is 5.32 Å². The van der Waals surface area contributed by atoms with Crippen LogP contribution in [0.2, 0.25) is 0 Å². The van der Waals surface area contributed by atoms with Gasteiger partial charge in [-0.15, -0.1) is 0 Å². The lowest BCUT2D eigenvalue weighted by atomic mass is 10.1. The predicted octanol–water partition coefficient (Wildman–Crippen LogP) is 3.24. The number of nitro groups is 1. The quantitative estimate of drug-likeness (QED) is 0.615. The number of hydrogen-bond acceptors (Lipinski definition) is 5. The molecule has 0 amide bonds. The standard InChI is InChI=1S/C13H13BrN2O3S/c14-11-1-2-12(16(18)19)10(5-11)6-15-7-13(17)9-3-4-20-8-9/h1-5,8,13,15,17H,6-7H2. The molecule has 0 saturated carbocycles. The molecule has 0 aliphatic carbocycles. The minimum absolute atomic E-state index is 0.0747. The Kier molecular flexibility index (Phi) is 5.24. The van der Waals surface area contributed by atoms with Crippen molar-refractivity contribution in [3.8, 4) is 0 Å². The maximum atomic E-state index is 10.9. The molecule has 106 valence electrons. The van der Waals surface area contributed by atoms with Gasteiger partial charge in [0.15, 0.2) is 0 Å². The minimum atomic E-state index is -0.604. The van der Waals surface area contributed by atoms with Gasteiger partial charge in [-0.25, -0.2) is 0 Å². The Morgan fingerprint density at radius 2 is 2.25 bits per heavy atom. The summed E-state index contributed by atoms with van der Waals surface area (Å²) in [5.74, 6) is 0. The van der Waals surface area contributed by atoms with Crippen LogP contribution in [-0.4, -0.2) is 16.6 Å². The number of benzene rings is 1. The molecule has 7 heteroatoms. The van der Waals surface area contributed by atoms with Gasteiger partial charge in [-0.1, -0.05) is 15.9 Å². The van der Waals surface area contributed by atoms with Crippen molar-refractivity contribution in [2.24, 2.45) is 0 Å². The molecule has 2 rings (SSSR count). The number of nitro benzene ring substituents is 1. The number of nitrogens with one attached hydrogen (secondary N) is 1. The van der Waals surface area contributed by atoms with Crippen LogP contribution in [0, 0.1) is 10.1 Å². The number of aliphatic hydroxyl groups excluding tert-OH is 1. The number of aliphatic hydroxyl groups is 1. The first kappa shape index (κ1) is 15.1. The fourth-order valence-electron chi connectivity index (χ4n) is 1.80. The molecule has 1 heterocycles. The lowest BCUT2D eigenvalue weighted by Gasteiger charge is -2.11. The van der Waals surface area contributed by atoms with Crippen LogP contribution < -0.4 is 5.32 Å². The second-order valence-corrected chi connectivity index (χ2v) is 5.93. The van der Waals surface area contributed by atoms with Crippen LogP contribution >= 0.6 is 27.3 Å². The highest BCUT2D eigenvalue weighted by atomic mass is 79.9. The van der Waals surface area contributed by atoms with Crippen molar-refractivity contribution in [2.75, 3.05) is 6.54 Å². The summed E-state index contributed by atoms with van der Waals surface area (Å²) in [7, 11) is 0. The van der Waals surface area contributed by atoms with Crippen molar-refractivity contribution in [1.29, 1.82) is 0 Å². The molecular weight excluding hydrogens is 344 g/mol. The zero-order valence-corrected chi connectivity index (χ0v) is 12.9. The largest absolute Gasteiger partial charge is 0.387 e. The Morgan fingerprint density at radius 3 is 2.90 bits per heavy atom. The van der Waals surface area contributed by atoms with Gasteiger partial charge in [0, 0.05) is 29.2 Å². The summed E-state index contributed by atoms with van der Waals surface area (Å²) in [6, 6.07) is 6.68. The smallest absolute Gasteiger partial charge is 0.273 e. The summed E-state index contributed by atoms with van der Waals surface area (Å²) in [5, 5.41) is 27.7. The zero-order chi connectivity index (χ0) is 14.5. The molecule has 1 atom stereocenters. The highest BCUT2D eigenvalue weighted by Crippen LogP contribution is 2.23. The Labute approximate surface area is 128 Å². The molecule has 2 aromatic rings.